The van der Waals surface area contributed by atoms with Crippen molar-refractivity contribution in [2.24, 2.45) is 4.99 Å². The van der Waals surface area contributed by atoms with Crippen LogP contribution < -0.4 is 14.9 Å². The van der Waals surface area contributed by atoms with E-state index < -0.39 is 0 Å². The van der Waals surface area contributed by atoms with Crippen LogP contribution in [0.3, 0.4) is 0 Å². The van der Waals surface area contributed by atoms with Crippen LogP contribution in [0.25, 0.3) is 11.8 Å². The van der Waals surface area contributed by atoms with E-state index in [1.807, 2.05) is 53.1 Å². The summed E-state index contributed by atoms with van der Waals surface area (Å²) in [6, 6.07) is 21.6. The molecule has 0 saturated carbocycles. The molecular formula is C27H17Cl2IN2OS. The average Bonchev–Trinajstić information content (AvgIpc) is 3.14. The van der Waals surface area contributed by atoms with Crippen LogP contribution in [-0.2, 0) is 6.42 Å². The molecule has 34 heavy (non-hydrogen) atoms. The summed E-state index contributed by atoms with van der Waals surface area (Å²) >= 11 is 16.6. The van der Waals surface area contributed by atoms with Crippen molar-refractivity contribution in [2.75, 3.05) is 0 Å². The molecule has 0 amide bonds. The Morgan fingerprint density at radius 2 is 1.82 bits per heavy atom. The second-order valence-electron chi connectivity index (χ2n) is 8.30. The van der Waals surface area contributed by atoms with Gasteiger partial charge < -0.3 is 0 Å². The molecule has 4 aromatic rings. The number of rotatable bonds is 2. The van der Waals surface area contributed by atoms with Gasteiger partial charge in [-0.2, -0.15) is 0 Å². The van der Waals surface area contributed by atoms with E-state index in [-0.39, 0.29) is 11.6 Å². The molecule has 1 aliphatic carbocycles. The summed E-state index contributed by atoms with van der Waals surface area (Å²) in [4.78, 5) is 19.5. The van der Waals surface area contributed by atoms with Crippen LogP contribution in [0.4, 0.5) is 0 Å². The standard InChI is InChI=1S/C27H17Cl2IN2OS/c28-17-10-12-19(21(29)14-17)25-20-11-9-15-5-1-3-7-18(15)24(20)31-27-32(25)26(33)23(34-27)13-16-6-2-4-8-22(16)30/h1-8,10,12-14,25H,9,11H2. The molecule has 0 spiro atoms. The second kappa shape index (κ2) is 8.79. The van der Waals surface area contributed by atoms with Crippen LogP contribution in [0.1, 0.15) is 34.7 Å². The maximum absolute atomic E-state index is 13.8. The molecule has 6 rings (SSSR count). The van der Waals surface area contributed by atoms with Gasteiger partial charge in [0.05, 0.1) is 16.3 Å². The highest BCUT2D eigenvalue weighted by Crippen LogP contribution is 2.43. The van der Waals surface area contributed by atoms with E-state index in [1.165, 1.54) is 16.9 Å². The van der Waals surface area contributed by atoms with Gasteiger partial charge in [-0.25, -0.2) is 4.99 Å². The number of allylic oxidation sites excluding steroid dienone is 1. The Morgan fingerprint density at radius 3 is 2.65 bits per heavy atom. The Hall–Kier alpha value is -2.19. The number of aromatic nitrogens is 1. The van der Waals surface area contributed by atoms with Crippen molar-refractivity contribution in [3.05, 3.63) is 128 Å². The van der Waals surface area contributed by atoms with Crippen LogP contribution in [0.15, 0.2) is 82.1 Å². The highest BCUT2D eigenvalue weighted by Gasteiger charge is 2.33. The van der Waals surface area contributed by atoms with Crippen LogP contribution >= 0.6 is 57.1 Å². The molecule has 0 N–H and O–H groups in total. The van der Waals surface area contributed by atoms with Gasteiger partial charge in [-0.3, -0.25) is 9.36 Å². The van der Waals surface area contributed by atoms with Crippen molar-refractivity contribution in [1.82, 2.24) is 4.57 Å². The van der Waals surface area contributed by atoms with Gasteiger partial charge >= 0.3 is 0 Å². The van der Waals surface area contributed by atoms with E-state index in [0.29, 0.717) is 19.4 Å². The van der Waals surface area contributed by atoms with Crippen molar-refractivity contribution in [2.45, 2.75) is 18.9 Å². The first-order chi connectivity index (χ1) is 16.5. The highest BCUT2D eigenvalue weighted by molar-refractivity contribution is 14.1. The van der Waals surface area contributed by atoms with Crippen molar-refractivity contribution < 1.29 is 0 Å². The molecule has 7 heteroatoms. The second-order valence-corrected chi connectivity index (χ2v) is 11.3. The molecule has 0 saturated heterocycles. The smallest absolute Gasteiger partial charge is 0.271 e. The largest absolute Gasteiger partial charge is 0.272 e. The minimum atomic E-state index is -0.318. The van der Waals surface area contributed by atoms with Crippen LogP contribution in [-0.4, -0.2) is 4.57 Å². The Morgan fingerprint density at radius 1 is 1.03 bits per heavy atom. The fourth-order valence-corrected chi connectivity index (χ4v) is 6.80. The Labute approximate surface area is 223 Å². The van der Waals surface area contributed by atoms with Crippen molar-refractivity contribution in [1.29, 1.82) is 0 Å². The van der Waals surface area contributed by atoms with Gasteiger partial charge in [-0.05, 0) is 82.0 Å². The Kier molecular flexibility index (Phi) is 5.76. The molecule has 1 unspecified atom stereocenters. The van der Waals surface area contributed by atoms with Gasteiger partial charge in [-0.1, -0.05) is 83.1 Å². The monoisotopic (exact) mass is 614 g/mol. The molecule has 0 fully saturated rings. The first kappa shape index (κ1) is 22.3. The topological polar surface area (TPSA) is 34.4 Å². The number of thiazole rings is 1. The summed E-state index contributed by atoms with van der Waals surface area (Å²) in [5, 5.41) is 1.13. The molecule has 1 atom stereocenters. The zero-order chi connectivity index (χ0) is 23.4. The van der Waals surface area contributed by atoms with Gasteiger partial charge in [-0.15, -0.1) is 0 Å². The molecular weight excluding hydrogens is 598 g/mol. The van der Waals surface area contributed by atoms with Crippen LogP contribution in [0, 0.1) is 3.57 Å². The summed E-state index contributed by atoms with van der Waals surface area (Å²) in [5.41, 5.74) is 6.33. The maximum Gasteiger partial charge on any atom is 0.271 e. The summed E-state index contributed by atoms with van der Waals surface area (Å²) in [7, 11) is 0. The Bertz CT molecular complexity index is 1690. The molecule has 1 aromatic heterocycles. The highest BCUT2D eigenvalue weighted by atomic mass is 127. The lowest BCUT2D eigenvalue weighted by molar-refractivity contribution is 0.585. The molecule has 0 bridgehead atoms. The zero-order valence-corrected chi connectivity index (χ0v) is 22.3. The van der Waals surface area contributed by atoms with E-state index in [2.05, 4.69) is 40.8 Å². The summed E-state index contributed by atoms with van der Waals surface area (Å²) in [5.74, 6) is 0. The molecule has 3 aromatic carbocycles. The molecule has 3 nitrogen and oxygen atoms in total. The zero-order valence-electron chi connectivity index (χ0n) is 17.8. The van der Waals surface area contributed by atoms with Crippen molar-refractivity contribution >= 4 is 68.9 Å². The number of halogens is 3. The first-order valence-corrected chi connectivity index (χ1v) is 13.5. The van der Waals surface area contributed by atoms with Crippen molar-refractivity contribution in [3.63, 3.8) is 0 Å². The first-order valence-electron chi connectivity index (χ1n) is 10.8. The van der Waals surface area contributed by atoms with E-state index in [1.54, 1.807) is 6.07 Å². The van der Waals surface area contributed by atoms with Gasteiger partial charge in [0.2, 0.25) is 0 Å². The molecule has 0 radical (unpaired) electrons. The maximum atomic E-state index is 13.8. The summed E-state index contributed by atoms with van der Waals surface area (Å²) in [6.07, 6.45) is 3.68. The molecule has 1 aliphatic heterocycles. The lowest BCUT2D eigenvalue weighted by atomic mass is 9.83. The number of nitrogens with zero attached hydrogens (tertiary/aromatic N) is 2. The number of hydrogen-bond donors (Lipinski definition) is 0. The number of hydrogen-bond acceptors (Lipinski definition) is 3. The van der Waals surface area contributed by atoms with Crippen LogP contribution in [0.2, 0.25) is 10.0 Å². The molecule has 2 aliphatic rings. The van der Waals surface area contributed by atoms with E-state index >= 15 is 0 Å². The number of fused-ring (bicyclic) bond motifs is 3. The number of aryl methyl sites for hydroxylation is 1. The average molecular weight is 615 g/mol. The van der Waals surface area contributed by atoms with Crippen molar-refractivity contribution in [3.8, 4) is 0 Å². The summed E-state index contributed by atoms with van der Waals surface area (Å²) in [6.45, 7) is 0. The van der Waals surface area contributed by atoms with E-state index in [0.717, 1.165) is 44.4 Å². The third kappa shape index (κ3) is 3.70. The third-order valence-corrected chi connectivity index (χ3v) is 8.85. The lowest BCUT2D eigenvalue weighted by Crippen LogP contribution is -2.38. The van der Waals surface area contributed by atoms with Gasteiger partial charge in [0.25, 0.3) is 5.56 Å². The predicted octanol–water partition coefficient (Wildman–Crippen LogP) is 6.23. The molecule has 2 heterocycles. The quantitative estimate of drug-likeness (QED) is 0.247. The normalized spacial score (nSPS) is 17.1. The fraction of sp³-hybridized carbons (Fsp3) is 0.111. The van der Waals surface area contributed by atoms with E-state index in [4.69, 9.17) is 28.2 Å². The van der Waals surface area contributed by atoms with Gasteiger partial charge in [0, 0.05) is 19.2 Å². The predicted molar refractivity (Wildman–Crippen MR) is 148 cm³/mol. The SMILES string of the molecule is O=c1c(=Cc2ccccc2I)sc2n1C(c1ccc(Cl)cc1Cl)C1=C(N=2)c2ccccc2CC1. The van der Waals surface area contributed by atoms with E-state index in [9.17, 15) is 4.79 Å². The minimum Gasteiger partial charge on any atom is -0.272 e. The fourth-order valence-electron chi connectivity index (χ4n) is 4.76. The Balaban J connectivity index is 1.66. The minimum absolute atomic E-state index is 0.0511. The third-order valence-electron chi connectivity index (χ3n) is 6.32. The molecule has 168 valence electrons. The summed E-state index contributed by atoms with van der Waals surface area (Å²) < 4.78 is 3.57. The van der Waals surface area contributed by atoms with Gasteiger partial charge in [0.1, 0.15) is 0 Å². The number of benzene rings is 3. The van der Waals surface area contributed by atoms with Crippen LogP contribution in [0.5, 0.6) is 0 Å². The van der Waals surface area contributed by atoms with Gasteiger partial charge in [0.15, 0.2) is 4.80 Å². The lowest BCUT2D eigenvalue weighted by Gasteiger charge is -2.31.